The summed E-state index contributed by atoms with van der Waals surface area (Å²) >= 11 is 6.01. The Bertz CT molecular complexity index is 1740. The number of halogens is 1. The zero-order chi connectivity index (χ0) is 31.3. The molecule has 0 saturated heterocycles. The lowest BCUT2D eigenvalue weighted by Gasteiger charge is -2.42. The lowest BCUT2D eigenvalue weighted by atomic mass is 9.86. The minimum absolute atomic E-state index is 0.0369. The third-order valence-corrected chi connectivity index (χ3v) is 9.36. The highest BCUT2D eigenvalue weighted by atomic mass is 35.5. The first kappa shape index (κ1) is 31.0. The van der Waals surface area contributed by atoms with E-state index in [1.807, 2.05) is 60.7 Å². The van der Waals surface area contributed by atoms with Crippen LogP contribution in [0.25, 0.3) is 0 Å². The highest BCUT2D eigenvalue weighted by molar-refractivity contribution is 7.89. The number of benzene rings is 4. The normalized spacial score (nSPS) is 17.7. The third kappa shape index (κ3) is 7.04. The van der Waals surface area contributed by atoms with Crippen molar-refractivity contribution in [3.05, 3.63) is 125 Å². The first-order chi connectivity index (χ1) is 21.1. The number of nitriles is 1. The molecule has 44 heavy (non-hydrogen) atoms. The summed E-state index contributed by atoms with van der Waals surface area (Å²) in [6.07, 6.45) is 0.622. The van der Waals surface area contributed by atoms with Crippen LogP contribution >= 0.6 is 11.6 Å². The highest BCUT2D eigenvalue weighted by Crippen LogP contribution is 2.41. The Morgan fingerprint density at radius 3 is 2.14 bits per heavy atom. The number of aliphatic hydroxyl groups is 1. The molecule has 4 aromatic carbocycles. The first-order valence-electron chi connectivity index (χ1n) is 13.9. The molecule has 0 spiro atoms. The third-order valence-electron chi connectivity index (χ3n) is 7.32. The van der Waals surface area contributed by atoms with Crippen LogP contribution in [-0.4, -0.2) is 35.5 Å². The van der Waals surface area contributed by atoms with Gasteiger partial charge in [0.1, 0.15) is 17.5 Å². The summed E-state index contributed by atoms with van der Waals surface area (Å²) in [6, 6.07) is 29.3. The minimum atomic E-state index is -4.03. The summed E-state index contributed by atoms with van der Waals surface area (Å²) in [7, 11) is -4.03. The Hall–Kier alpha value is -4.40. The summed E-state index contributed by atoms with van der Waals surface area (Å²) in [5, 5.41) is 27.5. The zero-order valence-electron chi connectivity index (χ0n) is 24.2. The number of hydrogen-bond acceptors (Lipinski definition) is 6. The van der Waals surface area contributed by atoms with E-state index >= 15 is 0 Å². The number of aliphatic hydroxyl groups excluding tert-OH is 1. The second-order valence-electron chi connectivity index (χ2n) is 10.9. The predicted molar refractivity (Wildman–Crippen MR) is 170 cm³/mol. The Kier molecular flexibility index (Phi) is 9.22. The number of fused-ring (bicyclic) bond motifs is 1. The molecule has 4 aromatic rings. The predicted octanol–water partition coefficient (Wildman–Crippen LogP) is 5.84. The van der Waals surface area contributed by atoms with E-state index in [0.29, 0.717) is 22.0 Å². The van der Waals surface area contributed by atoms with Gasteiger partial charge in [-0.25, -0.2) is 8.42 Å². The molecule has 11 heteroatoms. The molecule has 0 amide bonds. The van der Waals surface area contributed by atoms with Gasteiger partial charge in [0.15, 0.2) is 0 Å². The van der Waals surface area contributed by atoms with Gasteiger partial charge in [-0.15, -0.1) is 4.99 Å². The van der Waals surface area contributed by atoms with E-state index in [2.05, 4.69) is 15.6 Å². The lowest BCUT2D eigenvalue weighted by molar-refractivity contribution is -0.0611. The molecule has 2 atom stereocenters. The maximum Gasteiger partial charge on any atom is 0.243 e. The van der Waals surface area contributed by atoms with Gasteiger partial charge in [0.2, 0.25) is 22.2 Å². The molecule has 1 aliphatic rings. The number of aliphatic imine (C=N–C) groups is 1. The van der Waals surface area contributed by atoms with Crippen molar-refractivity contribution in [2.75, 3.05) is 5.32 Å². The molecule has 0 aliphatic carbocycles. The van der Waals surface area contributed by atoms with Gasteiger partial charge >= 0.3 is 0 Å². The molecule has 0 fully saturated rings. The number of nitrogens with zero attached hydrogens (tertiary/aromatic N) is 3. The fourth-order valence-corrected chi connectivity index (χ4v) is 6.59. The molecular formula is C33H32ClN5O4S. The van der Waals surface area contributed by atoms with Crippen molar-refractivity contribution in [2.24, 2.45) is 4.99 Å². The van der Waals surface area contributed by atoms with Crippen LogP contribution in [0.1, 0.15) is 36.6 Å². The number of sulfonamides is 1. The lowest BCUT2D eigenvalue weighted by Crippen LogP contribution is -2.54. The van der Waals surface area contributed by atoms with Gasteiger partial charge in [-0.2, -0.15) is 9.57 Å². The Labute approximate surface area is 262 Å². The van der Waals surface area contributed by atoms with Crippen molar-refractivity contribution in [3.63, 3.8) is 0 Å². The van der Waals surface area contributed by atoms with E-state index in [0.717, 1.165) is 11.1 Å². The number of ether oxygens (including phenoxy) is 1. The average molecular weight is 630 g/mol. The van der Waals surface area contributed by atoms with E-state index in [1.54, 1.807) is 50.4 Å². The van der Waals surface area contributed by atoms with Crippen LogP contribution in [0.5, 0.6) is 5.75 Å². The number of rotatable bonds is 8. The second-order valence-corrected chi connectivity index (χ2v) is 13.3. The number of nitrogens with one attached hydrogen (secondary N) is 2. The molecule has 226 valence electrons. The van der Waals surface area contributed by atoms with Crippen LogP contribution in [0.4, 0.5) is 5.69 Å². The number of guanidine groups is 1. The van der Waals surface area contributed by atoms with E-state index < -0.39 is 27.8 Å². The molecule has 0 bridgehead atoms. The van der Waals surface area contributed by atoms with Crippen LogP contribution in [0.2, 0.25) is 5.02 Å². The van der Waals surface area contributed by atoms with Crippen LogP contribution in [0, 0.1) is 11.5 Å². The Balaban J connectivity index is 1.52. The molecule has 5 rings (SSSR count). The summed E-state index contributed by atoms with van der Waals surface area (Å²) in [6.45, 7) is 3.78. The van der Waals surface area contributed by atoms with Gasteiger partial charge in [0, 0.05) is 29.4 Å². The topological polar surface area (TPSA) is 127 Å². The van der Waals surface area contributed by atoms with E-state index in [1.165, 1.54) is 16.4 Å². The van der Waals surface area contributed by atoms with Gasteiger partial charge < -0.3 is 20.5 Å². The van der Waals surface area contributed by atoms with E-state index in [4.69, 9.17) is 16.3 Å². The van der Waals surface area contributed by atoms with Crippen LogP contribution < -0.4 is 15.4 Å². The minimum Gasteiger partial charge on any atom is -0.485 e. The van der Waals surface area contributed by atoms with Crippen molar-refractivity contribution in [1.29, 1.82) is 5.26 Å². The number of hydrogen-bond donors (Lipinski definition) is 3. The number of anilines is 1. The maximum absolute atomic E-state index is 14.2. The summed E-state index contributed by atoms with van der Waals surface area (Å²) in [5.74, 6) is 0.461. The first-order valence-corrected chi connectivity index (χ1v) is 15.7. The maximum atomic E-state index is 14.2. The van der Waals surface area contributed by atoms with Gasteiger partial charge in [-0.3, -0.25) is 0 Å². The molecule has 1 heterocycles. The van der Waals surface area contributed by atoms with Crippen LogP contribution in [-0.2, 0) is 23.1 Å². The second kappa shape index (κ2) is 13.1. The molecule has 0 radical (unpaired) electrons. The van der Waals surface area contributed by atoms with E-state index in [-0.39, 0.29) is 23.9 Å². The Morgan fingerprint density at radius 1 is 0.977 bits per heavy atom. The van der Waals surface area contributed by atoms with Crippen molar-refractivity contribution in [1.82, 2.24) is 9.62 Å². The van der Waals surface area contributed by atoms with Gasteiger partial charge in [0.25, 0.3) is 0 Å². The monoisotopic (exact) mass is 629 g/mol. The van der Waals surface area contributed by atoms with Crippen molar-refractivity contribution in [2.45, 2.75) is 49.6 Å². The van der Waals surface area contributed by atoms with Crippen molar-refractivity contribution in [3.8, 4) is 11.9 Å². The summed E-state index contributed by atoms with van der Waals surface area (Å²) in [5.41, 5.74) is 1.65. The SMILES string of the molecule is CC1(C)Oc2ccc(S(=O)(=O)N(Cc3ccccc3)Cc3ccccc3)cc2[C@@H](NC(=NC#N)Nc2ccc(Cl)cc2)[C@@H]1O. The van der Waals surface area contributed by atoms with Gasteiger partial charge in [0.05, 0.1) is 10.9 Å². The van der Waals surface area contributed by atoms with Crippen LogP contribution in [0.3, 0.4) is 0 Å². The zero-order valence-corrected chi connectivity index (χ0v) is 25.8. The molecule has 3 N–H and O–H groups in total. The molecule has 0 saturated carbocycles. The fraction of sp³-hybridized carbons (Fsp3) is 0.212. The van der Waals surface area contributed by atoms with Gasteiger partial charge in [-0.05, 0) is 67.4 Å². The highest BCUT2D eigenvalue weighted by Gasteiger charge is 2.44. The molecule has 0 unspecified atom stereocenters. The molecule has 1 aliphatic heterocycles. The largest absolute Gasteiger partial charge is 0.485 e. The smallest absolute Gasteiger partial charge is 0.243 e. The fourth-order valence-electron chi connectivity index (χ4n) is 5.01. The van der Waals surface area contributed by atoms with Gasteiger partial charge in [-0.1, -0.05) is 72.3 Å². The van der Waals surface area contributed by atoms with E-state index in [9.17, 15) is 18.8 Å². The van der Waals surface area contributed by atoms with Crippen molar-refractivity contribution < 1.29 is 18.3 Å². The van der Waals surface area contributed by atoms with Crippen molar-refractivity contribution >= 4 is 33.3 Å². The molecular weight excluding hydrogens is 598 g/mol. The molecule has 9 nitrogen and oxygen atoms in total. The Morgan fingerprint density at radius 2 is 1.57 bits per heavy atom. The summed E-state index contributed by atoms with van der Waals surface area (Å²) < 4.78 is 36.0. The molecule has 0 aromatic heterocycles. The van der Waals surface area contributed by atoms with Crippen LogP contribution in [0.15, 0.2) is 113 Å². The quantitative estimate of drug-likeness (QED) is 0.127. The average Bonchev–Trinajstić information content (AvgIpc) is 3.01. The summed E-state index contributed by atoms with van der Waals surface area (Å²) in [4.78, 5) is 3.91. The standard InChI is InChI=1S/C33H32ClN5O4S/c1-33(2)31(40)30(38-32(36-22-35)37-26-15-13-25(34)14-16-26)28-19-27(17-18-29(28)43-33)44(41,42)39(20-23-9-5-3-6-10-23)21-24-11-7-4-8-12-24/h3-19,30-31,40H,20-21H2,1-2H3,(H2,36,37,38)/t30-,31+/m1/s1.